The second-order valence-electron chi connectivity index (χ2n) is 7.88. The predicted octanol–water partition coefficient (Wildman–Crippen LogP) is 0.744. The van der Waals surface area contributed by atoms with Gasteiger partial charge >= 0.3 is 23.1 Å². The van der Waals surface area contributed by atoms with Gasteiger partial charge in [0, 0.05) is 23.8 Å². The molecular weight excluding hydrogens is 304 g/mol. The summed E-state index contributed by atoms with van der Waals surface area (Å²) in [5, 5.41) is 21.3. The van der Waals surface area contributed by atoms with E-state index >= 15 is 0 Å². The van der Waals surface area contributed by atoms with E-state index in [-0.39, 0.29) is 34.9 Å². The first kappa shape index (κ1) is 19.0. The molecule has 124 valence electrons. The van der Waals surface area contributed by atoms with Crippen molar-refractivity contribution in [3.63, 3.8) is 0 Å². The van der Waals surface area contributed by atoms with Gasteiger partial charge in [-0.25, -0.2) is 0 Å². The Balaban J connectivity index is 0.000000160. The average Bonchev–Trinajstić information content (AvgIpc) is 2.57. The number of fused-ring (bicyclic) bond motifs is 6. The van der Waals surface area contributed by atoms with Crippen molar-refractivity contribution < 1.29 is 19.8 Å². The maximum Gasteiger partial charge on any atom is 2.00 e. The number of carbonyl (C=O) groups excluding carboxylic acids is 2. The molecule has 0 radical (unpaired) electrons. The van der Waals surface area contributed by atoms with Gasteiger partial charge < -0.3 is 19.8 Å². The van der Waals surface area contributed by atoms with Gasteiger partial charge in [-0.1, -0.05) is 25.7 Å². The Morgan fingerprint density at radius 1 is 0.609 bits per heavy atom. The molecule has 0 spiro atoms. The van der Waals surface area contributed by atoms with Crippen LogP contribution in [-0.4, -0.2) is 35.0 Å². The first-order valence-corrected chi connectivity index (χ1v) is 8.96. The molecule has 0 aliphatic heterocycles. The van der Waals surface area contributed by atoms with Crippen molar-refractivity contribution in [3.8, 4) is 0 Å². The normalized spacial score (nSPS) is 40.5. The minimum Gasteiger partial charge on any atom is -0.550 e. The minimum atomic E-state index is -0.806. The van der Waals surface area contributed by atoms with Crippen LogP contribution >= 0.6 is 0 Å². The number of hydrogen-bond donors (Lipinski definition) is 0. The van der Waals surface area contributed by atoms with Gasteiger partial charge in [0.1, 0.15) is 0 Å². The molecule has 4 nitrogen and oxygen atoms in total. The van der Waals surface area contributed by atoms with Gasteiger partial charge in [-0.3, -0.25) is 0 Å². The first-order chi connectivity index (χ1) is 10.5. The largest absolute Gasteiger partial charge is 2.00 e. The van der Waals surface area contributed by atoms with Crippen LogP contribution in [0.2, 0.25) is 0 Å². The van der Waals surface area contributed by atoms with Crippen LogP contribution in [0, 0.1) is 35.5 Å². The number of aliphatic carboxylic acids is 2. The molecule has 2 atom stereocenters. The summed E-state index contributed by atoms with van der Waals surface area (Å²) in [5.41, 5.74) is 0. The summed E-state index contributed by atoms with van der Waals surface area (Å²) < 4.78 is 0. The number of hydrogen-bond acceptors (Lipinski definition) is 4. The fourth-order valence-electron chi connectivity index (χ4n) is 5.33. The van der Waals surface area contributed by atoms with E-state index in [0.29, 0.717) is 23.7 Å². The molecule has 0 heterocycles. The number of carbonyl (C=O) groups is 2. The Bertz CT molecular complexity index is 383. The van der Waals surface area contributed by atoms with E-state index in [2.05, 4.69) is 0 Å². The van der Waals surface area contributed by atoms with E-state index in [1.165, 1.54) is 25.7 Å². The van der Waals surface area contributed by atoms with Crippen molar-refractivity contribution in [2.24, 2.45) is 35.5 Å². The molecule has 6 saturated carbocycles. The Morgan fingerprint density at radius 2 is 0.913 bits per heavy atom. The van der Waals surface area contributed by atoms with Gasteiger partial charge in [0.05, 0.1) is 0 Å². The molecule has 0 aromatic heterocycles. The molecule has 6 fully saturated rings. The standard InChI is InChI=1S/2C9H14O2.Mg/c2*10-9(11)8-5-6-1-3-7(8)4-2-6;/h2*6-8H,1-5H2,(H,10,11);/q;;+2/p-2/t2*6?,7?,8-;/m11./s1. The van der Waals surface area contributed by atoms with Gasteiger partial charge in [-0.15, -0.1) is 0 Å². The van der Waals surface area contributed by atoms with Crippen LogP contribution in [0.5, 0.6) is 0 Å². The molecule has 5 heteroatoms. The van der Waals surface area contributed by atoms with E-state index in [0.717, 1.165) is 38.5 Å². The maximum atomic E-state index is 10.6. The molecule has 6 aliphatic carbocycles. The van der Waals surface area contributed by atoms with Gasteiger partial charge in [0.25, 0.3) is 0 Å². The third-order valence-electron chi connectivity index (χ3n) is 6.70. The first-order valence-electron chi connectivity index (χ1n) is 8.96. The quantitative estimate of drug-likeness (QED) is 0.700. The Labute approximate surface area is 154 Å². The molecule has 6 rings (SSSR count). The van der Waals surface area contributed by atoms with Gasteiger partial charge in [-0.05, 0) is 62.2 Å². The molecule has 0 amide bonds. The van der Waals surface area contributed by atoms with Crippen LogP contribution in [0.3, 0.4) is 0 Å². The van der Waals surface area contributed by atoms with Gasteiger partial charge in [0.2, 0.25) is 0 Å². The third-order valence-corrected chi connectivity index (χ3v) is 6.70. The molecule has 4 bridgehead atoms. The summed E-state index contributed by atoms with van der Waals surface area (Å²) in [6, 6.07) is 0. The summed E-state index contributed by atoms with van der Waals surface area (Å²) in [5.74, 6) is 0.463. The Morgan fingerprint density at radius 3 is 1.04 bits per heavy atom. The van der Waals surface area contributed by atoms with Crippen molar-refractivity contribution in [3.05, 3.63) is 0 Å². The zero-order valence-corrected chi connectivity index (χ0v) is 15.3. The van der Waals surface area contributed by atoms with Crippen molar-refractivity contribution in [2.75, 3.05) is 0 Å². The van der Waals surface area contributed by atoms with E-state index in [4.69, 9.17) is 0 Å². The van der Waals surface area contributed by atoms with Crippen LogP contribution in [0.25, 0.3) is 0 Å². The molecular formula is C18H26MgO4. The average molecular weight is 331 g/mol. The second-order valence-corrected chi connectivity index (χ2v) is 7.88. The molecule has 23 heavy (non-hydrogen) atoms. The summed E-state index contributed by atoms with van der Waals surface area (Å²) in [6.45, 7) is 0. The SMILES string of the molecule is O=C([O-])[C@@H]1CC2CCC1CC2.O=C([O-])[C@@H]1CC2CCC1CC2.[Mg+2]. The Hall–Kier alpha value is -0.294. The number of carboxylic acids is 2. The number of rotatable bonds is 2. The fraction of sp³-hybridized carbons (Fsp3) is 0.889. The summed E-state index contributed by atoms with van der Waals surface area (Å²) in [6.07, 6.45) is 11.3. The topological polar surface area (TPSA) is 80.3 Å². The van der Waals surface area contributed by atoms with Crippen molar-refractivity contribution >= 4 is 35.0 Å². The zero-order valence-electron chi connectivity index (χ0n) is 13.9. The molecule has 0 aromatic rings. The molecule has 0 N–H and O–H groups in total. The maximum absolute atomic E-state index is 10.6. The van der Waals surface area contributed by atoms with Crippen molar-refractivity contribution in [1.82, 2.24) is 0 Å². The van der Waals surface area contributed by atoms with Gasteiger partial charge in [0.15, 0.2) is 0 Å². The Kier molecular flexibility index (Phi) is 6.78. The summed E-state index contributed by atoms with van der Waals surface area (Å²) >= 11 is 0. The van der Waals surface area contributed by atoms with Gasteiger partial charge in [-0.2, -0.15) is 0 Å². The van der Waals surface area contributed by atoms with Crippen LogP contribution in [0.1, 0.15) is 64.2 Å². The molecule has 0 unspecified atom stereocenters. The zero-order chi connectivity index (χ0) is 15.7. The van der Waals surface area contributed by atoms with Crippen molar-refractivity contribution in [1.29, 1.82) is 0 Å². The third kappa shape index (κ3) is 4.41. The summed E-state index contributed by atoms with van der Waals surface area (Å²) in [7, 11) is 0. The van der Waals surface area contributed by atoms with E-state index in [9.17, 15) is 19.8 Å². The van der Waals surface area contributed by atoms with Crippen LogP contribution in [-0.2, 0) is 9.59 Å². The van der Waals surface area contributed by atoms with Crippen LogP contribution < -0.4 is 10.2 Å². The van der Waals surface area contributed by atoms with Crippen LogP contribution in [0.4, 0.5) is 0 Å². The molecule has 6 aliphatic rings. The smallest absolute Gasteiger partial charge is 0.550 e. The second kappa shape index (κ2) is 8.19. The van der Waals surface area contributed by atoms with E-state index in [1.54, 1.807) is 0 Å². The predicted molar refractivity (Wildman–Crippen MR) is 82.9 cm³/mol. The minimum absolute atomic E-state index is 0. The van der Waals surface area contributed by atoms with E-state index in [1.807, 2.05) is 0 Å². The number of carboxylic acid groups (broad SMARTS) is 2. The van der Waals surface area contributed by atoms with Crippen LogP contribution in [0.15, 0.2) is 0 Å². The molecule has 0 saturated heterocycles. The fourth-order valence-corrected chi connectivity index (χ4v) is 5.33. The van der Waals surface area contributed by atoms with E-state index < -0.39 is 11.9 Å². The summed E-state index contributed by atoms with van der Waals surface area (Å²) in [4.78, 5) is 21.3. The van der Waals surface area contributed by atoms with Crippen molar-refractivity contribution in [2.45, 2.75) is 64.2 Å². The monoisotopic (exact) mass is 330 g/mol. The molecule has 0 aromatic carbocycles.